The Balaban J connectivity index is 2.00. The molecule has 0 atom stereocenters. The lowest BCUT2D eigenvalue weighted by Crippen LogP contribution is -2.22. The third-order valence-corrected chi connectivity index (χ3v) is 3.45. The van der Waals surface area contributed by atoms with Crippen LogP contribution in [0.3, 0.4) is 0 Å². The normalized spacial score (nSPS) is 10.9. The summed E-state index contributed by atoms with van der Waals surface area (Å²) in [6, 6.07) is 5.36. The maximum absolute atomic E-state index is 12.4. The highest BCUT2D eigenvalue weighted by atomic mass is 16.5. The minimum Gasteiger partial charge on any atom is -0.469 e. The molecule has 6 nitrogen and oxygen atoms in total. The molecule has 24 heavy (non-hydrogen) atoms. The van der Waals surface area contributed by atoms with Gasteiger partial charge in [0.2, 0.25) is 5.91 Å². The Hall–Kier alpha value is -2.89. The first-order valence-electron chi connectivity index (χ1n) is 7.56. The van der Waals surface area contributed by atoms with Crippen LogP contribution in [0.25, 0.3) is 17.0 Å². The first kappa shape index (κ1) is 17.5. The lowest BCUT2D eigenvalue weighted by atomic mass is 10.1. The van der Waals surface area contributed by atoms with E-state index in [1.54, 1.807) is 12.1 Å². The molecule has 1 heterocycles. The summed E-state index contributed by atoms with van der Waals surface area (Å²) in [4.78, 5) is 35.0. The van der Waals surface area contributed by atoms with Crippen molar-refractivity contribution in [3.05, 3.63) is 51.9 Å². The molecular formula is C18H19NO5. The van der Waals surface area contributed by atoms with Gasteiger partial charge in [-0.25, -0.2) is 0 Å². The molecule has 0 fully saturated rings. The van der Waals surface area contributed by atoms with Crippen LogP contribution in [-0.4, -0.2) is 25.5 Å². The van der Waals surface area contributed by atoms with E-state index in [9.17, 15) is 14.4 Å². The number of nitrogens with one attached hydrogen (secondary N) is 1. The maximum Gasteiger partial charge on any atom is 0.305 e. The summed E-state index contributed by atoms with van der Waals surface area (Å²) < 4.78 is 9.92. The quantitative estimate of drug-likeness (QED) is 0.499. The largest absolute Gasteiger partial charge is 0.469 e. The van der Waals surface area contributed by atoms with Crippen LogP contribution >= 0.6 is 0 Å². The van der Waals surface area contributed by atoms with Crippen LogP contribution < -0.4 is 10.7 Å². The Morgan fingerprint density at radius 2 is 2.12 bits per heavy atom. The second-order valence-electron chi connectivity index (χ2n) is 5.32. The van der Waals surface area contributed by atoms with Gasteiger partial charge in [0.05, 0.1) is 18.1 Å². The van der Waals surface area contributed by atoms with Gasteiger partial charge in [-0.15, -0.1) is 0 Å². The van der Waals surface area contributed by atoms with Crippen LogP contribution in [-0.2, 0) is 14.3 Å². The Morgan fingerprint density at radius 1 is 1.33 bits per heavy atom. The summed E-state index contributed by atoms with van der Waals surface area (Å²) in [5.41, 5.74) is 1.58. The number of carbonyl (C=O) groups is 2. The standard InChI is InChI=1S/C18H19NO5/c1-12-5-7-15-14(10-12)18(22)13(11-24-15)6-8-16(20)19-9-3-4-17(21)23-2/h5-8,10-11H,3-4,9H2,1-2H3,(H,19,20)/b8-6+. The van der Waals surface area contributed by atoms with Gasteiger partial charge in [0, 0.05) is 19.0 Å². The molecule has 0 aliphatic heterocycles. The van der Waals surface area contributed by atoms with E-state index in [0.717, 1.165) is 5.56 Å². The third-order valence-electron chi connectivity index (χ3n) is 3.45. The predicted octanol–water partition coefficient (Wildman–Crippen LogP) is 2.18. The predicted molar refractivity (Wildman–Crippen MR) is 90.5 cm³/mol. The average Bonchev–Trinajstić information content (AvgIpc) is 2.58. The molecule has 0 aliphatic carbocycles. The van der Waals surface area contributed by atoms with Gasteiger partial charge in [0.15, 0.2) is 5.43 Å². The van der Waals surface area contributed by atoms with Gasteiger partial charge in [0.1, 0.15) is 11.8 Å². The monoisotopic (exact) mass is 329 g/mol. The van der Waals surface area contributed by atoms with Crippen molar-refractivity contribution in [1.82, 2.24) is 5.32 Å². The van der Waals surface area contributed by atoms with E-state index in [4.69, 9.17) is 4.42 Å². The van der Waals surface area contributed by atoms with Crippen molar-refractivity contribution in [2.75, 3.05) is 13.7 Å². The van der Waals surface area contributed by atoms with E-state index in [1.165, 1.54) is 25.5 Å². The molecule has 1 amide bonds. The summed E-state index contributed by atoms with van der Waals surface area (Å²) >= 11 is 0. The van der Waals surface area contributed by atoms with Gasteiger partial charge in [-0.05, 0) is 31.6 Å². The first-order chi connectivity index (χ1) is 11.5. The average molecular weight is 329 g/mol. The van der Waals surface area contributed by atoms with E-state index in [0.29, 0.717) is 29.5 Å². The van der Waals surface area contributed by atoms with E-state index in [1.807, 2.05) is 13.0 Å². The lowest BCUT2D eigenvalue weighted by Gasteiger charge is -2.02. The number of methoxy groups -OCH3 is 1. The van der Waals surface area contributed by atoms with Gasteiger partial charge in [-0.3, -0.25) is 14.4 Å². The number of benzene rings is 1. The summed E-state index contributed by atoms with van der Waals surface area (Å²) in [7, 11) is 1.32. The zero-order valence-electron chi connectivity index (χ0n) is 13.6. The van der Waals surface area contributed by atoms with Crippen LogP contribution in [0.5, 0.6) is 0 Å². The van der Waals surface area contributed by atoms with Crippen LogP contribution in [0.15, 0.2) is 39.7 Å². The number of fused-ring (bicyclic) bond motifs is 1. The minimum absolute atomic E-state index is 0.185. The van der Waals surface area contributed by atoms with Gasteiger partial charge < -0.3 is 14.5 Å². The minimum atomic E-state index is -0.344. The summed E-state index contributed by atoms with van der Waals surface area (Å²) in [5, 5.41) is 3.11. The van der Waals surface area contributed by atoms with Crippen molar-refractivity contribution in [2.24, 2.45) is 0 Å². The number of carbonyl (C=O) groups excluding carboxylic acids is 2. The molecule has 1 aromatic heterocycles. The molecule has 0 unspecified atom stereocenters. The van der Waals surface area contributed by atoms with Crippen LogP contribution in [0, 0.1) is 6.92 Å². The van der Waals surface area contributed by atoms with Gasteiger partial charge in [-0.2, -0.15) is 0 Å². The molecule has 0 aliphatic rings. The van der Waals surface area contributed by atoms with Crippen molar-refractivity contribution in [2.45, 2.75) is 19.8 Å². The molecule has 1 aromatic carbocycles. The Morgan fingerprint density at radius 3 is 2.88 bits per heavy atom. The highest BCUT2D eigenvalue weighted by Crippen LogP contribution is 2.13. The summed E-state index contributed by atoms with van der Waals surface area (Å²) in [5.74, 6) is -0.660. The Labute approximate surface area is 139 Å². The molecular weight excluding hydrogens is 310 g/mol. The zero-order chi connectivity index (χ0) is 17.5. The van der Waals surface area contributed by atoms with E-state index in [-0.39, 0.29) is 23.7 Å². The van der Waals surface area contributed by atoms with Crippen molar-refractivity contribution in [3.8, 4) is 0 Å². The molecule has 126 valence electrons. The fourth-order valence-electron chi connectivity index (χ4n) is 2.15. The van der Waals surface area contributed by atoms with E-state index in [2.05, 4.69) is 10.1 Å². The van der Waals surface area contributed by atoms with Crippen molar-refractivity contribution in [3.63, 3.8) is 0 Å². The number of rotatable bonds is 6. The molecule has 2 rings (SSSR count). The summed E-state index contributed by atoms with van der Waals surface area (Å²) in [6.07, 6.45) is 4.76. The van der Waals surface area contributed by atoms with E-state index >= 15 is 0 Å². The number of aryl methyl sites for hydroxylation is 1. The molecule has 0 saturated carbocycles. The smallest absolute Gasteiger partial charge is 0.305 e. The number of hydrogen-bond donors (Lipinski definition) is 1. The van der Waals surface area contributed by atoms with Gasteiger partial charge in [-0.1, -0.05) is 11.6 Å². The van der Waals surface area contributed by atoms with Crippen molar-refractivity contribution < 1.29 is 18.7 Å². The number of esters is 1. The Bertz CT molecular complexity index is 835. The molecule has 6 heteroatoms. The topological polar surface area (TPSA) is 85.6 Å². The number of ether oxygens (including phenoxy) is 1. The highest BCUT2D eigenvalue weighted by Gasteiger charge is 2.06. The molecule has 0 spiro atoms. The summed E-state index contributed by atoms with van der Waals surface area (Å²) in [6.45, 7) is 2.24. The SMILES string of the molecule is COC(=O)CCCNC(=O)/C=C/c1coc2ccc(C)cc2c1=O. The Kier molecular flexibility index (Phi) is 5.89. The van der Waals surface area contributed by atoms with Crippen molar-refractivity contribution >= 4 is 28.9 Å². The molecule has 0 saturated heterocycles. The molecule has 1 N–H and O–H groups in total. The lowest BCUT2D eigenvalue weighted by molar-refractivity contribution is -0.140. The first-order valence-corrected chi connectivity index (χ1v) is 7.56. The van der Waals surface area contributed by atoms with Gasteiger partial charge >= 0.3 is 5.97 Å². The molecule has 2 aromatic rings. The van der Waals surface area contributed by atoms with Gasteiger partial charge in [0.25, 0.3) is 0 Å². The third kappa shape index (κ3) is 4.55. The van der Waals surface area contributed by atoms with Crippen LogP contribution in [0.1, 0.15) is 24.0 Å². The number of hydrogen-bond acceptors (Lipinski definition) is 5. The van der Waals surface area contributed by atoms with E-state index < -0.39 is 0 Å². The fraction of sp³-hybridized carbons (Fsp3) is 0.278. The fourth-order valence-corrected chi connectivity index (χ4v) is 2.15. The number of amides is 1. The second kappa shape index (κ2) is 8.10. The second-order valence-corrected chi connectivity index (χ2v) is 5.32. The van der Waals surface area contributed by atoms with Crippen LogP contribution in [0.2, 0.25) is 0 Å². The molecule has 0 radical (unpaired) electrons. The molecule has 0 bridgehead atoms. The van der Waals surface area contributed by atoms with Crippen molar-refractivity contribution in [1.29, 1.82) is 0 Å². The maximum atomic E-state index is 12.4. The zero-order valence-corrected chi connectivity index (χ0v) is 13.6. The highest BCUT2D eigenvalue weighted by molar-refractivity contribution is 5.92. The van der Waals surface area contributed by atoms with Crippen LogP contribution in [0.4, 0.5) is 0 Å².